The number of ether oxygens (including phenoxy) is 1. The number of carbonyl (C=O) groups is 2. The highest BCUT2D eigenvalue weighted by molar-refractivity contribution is 7.92. The van der Waals surface area contributed by atoms with Crippen LogP contribution in [0.25, 0.3) is 0 Å². The highest BCUT2D eigenvalue weighted by Crippen LogP contribution is 2.27. The fourth-order valence-corrected chi connectivity index (χ4v) is 5.36. The normalized spacial score (nSPS) is 11.9. The van der Waals surface area contributed by atoms with Crippen LogP contribution in [0.15, 0.2) is 83.8 Å². The van der Waals surface area contributed by atoms with E-state index >= 15 is 0 Å². The van der Waals surface area contributed by atoms with Gasteiger partial charge >= 0.3 is 0 Å². The molecule has 0 saturated carbocycles. The Kier molecular flexibility index (Phi) is 10.2. The molecule has 2 amide bonds. The first-order valence-corrected chi connectivity index (χ1v) is 14.1. The smallest absolute Gasteiger partial charge is 0.264 e. The van der Waals surface area contributed by atoms with E-state index in [2.05, 4.69) is 5.32 Å². The first-order valence-electron chi connectivity index (χ1n) is 12.3. The second kappa shape index (κ2) is 13.3. The van der Waals surface area contributed by atoms with Crippen molar-refractivity contribution in [3.05, 3.63) is 89.4 Å². The van der Waals surface area contributed by atoms with Gasteiger partial charge in [-0.2, -0.15) is 0 Å². The van der Waals surface area contributed by atoms with Gasteiger partial charge in [-0.05, 0) is 74.9 Å². The largest absolute Gasteiger partial charge is 0.494 e. The van der Waals surface area contributed by atoms with Crippen molar-refractivity contribution in [3.8, 4) is 5.75 Å². The Hall–Kier alpha value is -3.56. The molecule has 3 aromatic rings. The number of nitrogens with one attached hydrogen (secondary N) is 1. The lowest BCUT2D eigenvalue weighted by Gasteiger charge is -2.32. The van der Waals surface area contributed by atoms with Crippen LogP contribution in [0.4, 0.5) is 5.69 Å². The van der Waals surface area contributed by atoms with Crippen molar-refractivity contribution in [1.29, 1.82) is 0 Å². The summed E-state index contributed by atoms with van der Waals surface area (Å²) in [4.78, 5) is 27.9. The zero-order valence-corrected chi connectivity index (χ0v) is 23.2. The van der Waals surface area contributed by atoms with Crippen LogP contribution in [-0.4, -0.2) is 50.9 Å². The number of anilines is 1. The maximum Gasteiger partial charge on any atom is 0.264 e. The Morgan fingerprint density at radius 1 is 0.947 bits per heavy atom. The minimum atomic E-state index is -4.17. The van der Waals surface area contributed by atoms with Crippen LogP contribution in [0.2, 0.25) is 5.02 Å². The number of nitrogens with zero attached hydrogens (tertiary/aromatic N) is 2. The lowest BCUT2D eigenvalue weighted by molar-refractivity contribution is -0.139. The molecule has 3 rings (SSSR count). The van der Waals surface area contributed by atoms with Gasteiger partial charge in [-0.25, -0.2) is 8.42 Å². The zero-order chi connectivity index (χ0) is 27.7. The van der Waals surface area contributed by atoms with Crippen LogP contribution in [0.1, 0.15) is 26.3 Å². The van der Waals surface area contributed by atoms with Crippen LogP contribution < -0.4 is 14.4 Å². The number of amides is 2. The minimum Gasteiger partial charge on any atom is -0.494 e. The number of sulfonamides is 1. The molecule has 1 atom stereocenters. The third-order valence-electron chi connectivity index (χ3n) is 5.83. The van der Waals surface area contributed by atoms with E-state index in [1.54, 1.807) is 38.1 Å². The van der Waals surface area contributed by atoms with Gasteiger partial charge in [-0.15, -0.1) is 0 Å². The number of carbonyl (C=O) groups excluding carboxylic acids is 2. The average Bonchev–Trinajstić information content (AvgIpc) is 2.91. The Morgan fingerprint density at radius 2 is 1.58 bits per heavy atom. The number of hydrogen-bond donors (Lipinski definition) is 1. The highest BCUT2D eigenvalue weighted by Gasteiger charge is 2.32. The molecule has 0 fully saturated rings. The number of benzene rings is 3. The first kappa shape index (κ1) is 29.0. The van der Waals surface area contributed by atoms with Crippen molar-refractivity contribution in [2.45, 2.75) is 38.3 Å². The summed E-state index contributed by atoms with van der Waals surface area (Å²) in [5, 5.41) is 3.13. The van der Waals surface area contributed by atoms with Crippen molar-refractivity contribution in [2.24, 2.45) is 0 Å². The van der Waals surface area contributed by atoms with E-state index in [-0.39, 0.29) is 23.0 Å². The molecule has 0 unspecified atom stereocenters. The molecule has 0 aliphatic carbocycles. The molecule has 1 N–H and O–H groups in total. The molecule has 10 heteroatoms. The molecule has 0 bridgehead atoms. The summed E-state index contributed by atoms with van der Waals surface area (Å²) in [5.74, 6) is -0.286. The fraction of sp³-hybridized carbons (Fsp3) is 0.286. The summed E-state index contributed by atoms with van der Waals surface area (Å²) in [6, 6.07) is 20.6. The van der Waals surface area contributed by atoms with Crippen LogP contribution in [0, 0.1) is 0 Å². The van der Waals surface area contributed by atoms with Crippen LogP contribution in [-0.2, 0) is 26.2 Å². The summed E-state index contributed by atoms with van der Waals surface area (Å²) >= 11 is 5.98. The van der Waals surface area contributed by atoms with Gasteiger partial charge in [0.2, 0.25) is 11.8 Å². The van der Waals surface area contributed by atoms with Gasteiger partial charge in [-0.1, -0.05) is 41.9 Å². The van der Waals surface area contributed by atoms with Gasteiger partial charge in [-0.3, -0.25) is 13.9 Å². The average molecular weight is 558 g/mol. The lowest BCUT2D eigenvalue weighted by atomic mass is 10.1. The van der Waals surface area contributed by atoms with E-state index < -0.39 is 28.5 Å². The Morgan fingerprint density at radius 3 is 2.16 bits per heavy atom. The molecule has 0 heterocycles. The third-order valence-corrected chi connectivity index (χ3v) is 7.87. The molecule has 202 valence electrons. The zero-order valence-electron chi connectivity index (χ0n) is 21.6. The molecule has 0 spiro atoms. The Balaban J connectivity index is 2.02. The monoisotopic (exact) mass is 557 g/mol. The minimum absolute atomic E-state index is 0.0185. The van der Waals surface area contributed by atoms with E-state index in [1.165, 1.54) is 29.2 Å². The number of halogens is 1. The van der Waals surface area contributed by atoms with Crippen molar-refractivity contribution < 1.29 is 22.7 Å². The highest BCUT2D eigenvalue weighted by atomic mass is 35.5. The van der Waals surface area contributed by atoms with Gasteiger partial charge in [0.05, 0.1) is 17.2 Å². The predicted molar refractivity (Wildman–Crippen MR) is 149 cm³/mol. The van der Waals surface area contributed by atoms with Gasteiger partial charge in [0.25, 0.3) is 10.0 Å². The van der Waals surface area contributed by atoms with E-state index in [0.29, 0.717) is 23.9 Å². The van der Waals surface area contributed by atoms with Gasteiger partial charge in [0.15, 0.2) is 0 Å². The van der Waals surface area contributed by atoms with Crippen molar-refractivity contribution in [3.63, 3.8) is 0 Å². The molecule has 0 saturated heterocycles. The number of likely N-dealkylation sites (N-methyl/N-ethyl adjacent to an activating group) is 1. The summed E-state index contributed by atoms with van der Waals surface area (Å²) in [5.41, 5.74) is 1.09. The predicted octanol–water partition coefficient (Wildman–Crippen LogP) is 4.49. The van der Waals surface area contributed by atoms with Gasteiger partial charge in [0.1, 0.15) is 18.3 Å². The molecular formula is C28H32ClN3O5S. The molecule has 3 aromatic carbocycles. The van der Waals surface area contributed by atoms with E-state index in [1.807, 2.05) is 37.3 Å². The topological polar surface area (TPSA) is 96.0 Å². The van der Waals surface area contributed by atoms with Crippen molar-refractivity contribution >= 4 is 39.1 Å². The van der Waals surface area contributed by atoms with E-state index in [4.69, 9.17) is 16.3 Å². The maximum absolute atomic E-state index is 13.8. The first-order chi connectivity index (χ1) is 18.2. The van der Waals surface area contributed by atoms with Crippen molar-refractivity contribution in [2.75, 3.05) is 24.0 Å². The molecule has 38 heavy (non-hydrogen) atoms. The summed E-state index contributed by atoms with van der Waals surface area (Å²) in [6.07, 6.45) is 0. The quantitative estimate of drug-likeness (QED) is 0.354. The van der Waals surface area contributed by atoms with Gasteiger partial charge < -0.3 is 15.0 Å². The molecular weight excluding hydrogens is 526 g/mol. The maximum atomic E-state index is 13.8. The number of hydrogen-bond acceptors (Lipinski definition) is 5. The third kappa shape index (κ3) is 7.26. The SMILES string of the molecule is CCNC(=O)[C@H](C)N(Cc1ccccc1)C(=O)CN(c1ccc(OCC)cc1)S(=O)(=O)c1ccc(Cl)cc1. The molecule has 0 aliphatic heterocycles. The molecule has 0 aromatic heterocycles. The van der Waals surface area contributed by atoms with E-state index in [9.17, 15) is 18.0 Å². The molecule has 8 nitrogen and oxygen atoms in total. The lowest BCUT2D eigenvalue weighted by Crippen LogP contribution is -2.51. The summed E-state index contributed by atoms with van der Waals surface area (Å²) in [7, 11) is -4.17. The molecule has 0 radical (unpaired) electrons. The van der Waals surface area contributed by atoms with Crippen molar-refractivity contribution in [1.82, 2.24) is 10.2 Å². The Bertz CT molecular complexity index is 1320. The summed E-state index contributed by atoms with van der Waals surface area (Å²) in [6.45, 7) is 5.74. The Labute approximate surface area is 229 Å². The second-order valence-corrected chi connectivity index (χ2v) is 10.8. The van der Waals surface area contributed by atoms with Crippen LogP contribution in [0.5, 0.6) is 5.75 Å². The fourth-order valence-electron chi connectivity index (χ4n) is 3.82. The molecule has 0 aliphatic rings. The number of rotatable bonds is 12. The van der Waals surface area contributed by atoms with E-state index in [0.717, 1.165) is 9.87 Å². The van der Waals surface area contributed by atoms with Gasteiger partial charge in [0, 0.05) is 18.1 Å². The summed E-state index contributed by atoms with van der Waals surface area (Å²) < 4.78 is 34.1. The van der Waals surface area contributed by atoms with Crippen LogP contribution in [0.3, 0.4) is 0 Å². The second-order valence-electron chi connectivity index (χ2n) is 8.47. The van der Waals surface area contributed by atoms with Crippen LogP contribution >= 0.6 is 11.6 Å². The standard InChI is InChI=1S/C28H32ClN3O5S/c1-4-30-28(34)21(3)31(19-22-9-7-6-8-10-22)27(33)20-32(24-13-15-25(16-14-24)37-5-2)38(35,36)26-17-11-23(29)12-18-26/h6-18,21H,4-5,19-20H2,1-3H3,(H,30,34)/t21-/m0/s1.